The van der Waals surface area contributed by atoms with Gasteiger partial charge < -0.3 is 0 Å². The fraction of sp³-hybridized carbons (Fsp3) is 0.0556. The Balaban J connectivity index is 1.75. The summed E-state index contributed by atoms with van der Waals surface area (Å²) in [5.74, 6) is -0.517. The quantitative estimate of drug-likeness (QED) is 0.717. The van der Waals surface area contributed by atoms with Gasteiger partial charge in [0.2, 0.25) is 0 Å². The first-order valence-corrected chi connectivity index (χ1v) is 8.82. The zero-order valence-electron chi connectivity index (χ0n) is 13.0. The standard InChI is InChI=1S/C18H16N2O3S/c1-13-6-10-17(11-7-13)24(22,23)20-19-18(21)16-9-8-14-4-2-3-5-15(14)12-16/h2-12,20H,1H3,(H,19,21). The molecule has 0 radical (unpaired) electrons. The van der Waals surface area contributed by atoms with Crippen LogP contribution in [0.5, 0.6) is 0 Å². The van der Waals surface area contributed by atoms with Crippen LogP contribution < -0.4 is 10.3 Å². The minimum Gasteiger partial charge on any atom is -0.273 e. The number of aryl methyl sites for hydroxylation is 1. The maximum absolute atomic E-state index is 12.2. The van der Waals surface area contributed by atoms with Gasteiger partial charge in [0.15, 0.2) is 0 Å². The summed E-state index contributed by atoms with van der Waals surface area (Å²) in [5.41, 5.74) is 3.57. The van der Waals surface area contributed by atoms with E-state index < -0.39 is 15.9 Å². The van der Waals surface area contributed by atoms with E-state index in [9.17, 15) is 13.2 Å². The average Bonchev–Trinajstić information content (AvgIpc) is 2.59. The van der Waals surface area contributed by atoms with E-state index in [0.717, 1.165) is 16.3 Å². The Kier molecular flexibility index (Phi) is 4.33. The molecule has 0 atom stereocenters. The van der Waals surface area contributed by atoms with Crippen molar-refractivity contribution < 1.29 is 13.2 Å². The van der Waals surface area contributed by atoms with Crippen molar-refractivity contribution in [3.8, 4) is 0 Å². The van der Waals surface area contributed by atoms with Crippen molar-refractivity contribution in [1.29, 1.82) is 0 Å². The van der Waals surface area contributed by atoms with E-state index in [1.165, 1.54) is 12.1 Å². The van der Waals surface area contributed by atoms with Gasteiger partial charge in [-0.1, -0.05) is 48.0 Å². The highest BCUT2D eigenvalue weighted by Gasteiger charge is 2.15. The Morgan fingerprint density at radius 2 is 1.54 bits per heavy atom. The molecule has 122 valence electrons. The lowest BCUT2D eigenvalue weighted by atomic mass is 10.1. The van der Waals surface area contributed by atoms with E-state index >= 15 is 0 Å². The Morgan fingerprint density at radius 1 is 0.875 bits per heavy atom. The molecule has 0 aliphatic rings. The molecule has 0 aliphatic heterocycles. The van der Waals surface area contributed by atoms with Gasteiger partial charge in [-0.15, -0.1) is 4.83 Å². The van der Waals surface area contributed by atoms with Crippen LogP contribution in [0.3, 0.4) is 0 Å². The van der Waals surface area contributed by atoms with E-state index in [-0.39, 0.29) is 4.90 Å². The second-order valence-corrected chi connectivity index (χ2v) is 7.12. The maximum atomic E-state index is 12.2. The van der Waals surface area contributed by atoms with Crippen molar-refractivity contribution in [2.75, 3.05) is 0 Å². The molecule has 0 bridgehead atoms. The third kappa shape index (κ3) is 3.45. The highest BCUT2D eigenvalue weighted by Crippen LogP contribution is 2.15. The van der Waals surface area contributed by atoms with Crippen molar-refractivity contribution in [3.63, 3.8) is 0 Å². The van der Waals surface area contributed by atoms with Gasteiger partial charge in [-0.3, -0.25) is 10.2 Å². The van der Waals surface area contributed by atoms with E-state index in [1.807, 2.05) is 37.3 Å². The first-order chi connectivity index (χ1) is 11.5. The number of rotatable bonds is 4. The molecule has 3 aromatic rings. The highest BCUT2D eigenvalue weighted by molar-refractivity contribution is 7.89. The maximum Gasteiger partial charge on any atom is 0.266 e. The molecule has 0 saturated carbocycles. The van der Waals surface area contributed by atoms with E-state index in [1.54, 1.807) is 24.3 Å². The molecule has 0 heterocycles. The molecule has 3 aromatic carbocycles. The molecular formula is C18H16N2O3S. The largest absolute Gasteiger partial charge is 0.273 e. The van der Waals surface area contributed by atoms with Crippen LogP contribution in [0.15, 0.2) is 71.6 Å². The van der Waals surface area contributed by atoms with Crippen LogP contribution in [0.25, 0.3) is 10.8 Å². The molecule has 5 nitrogen and oxygen atoms in total. The van der Waals surface area contributed by atoms with Crippen LogP contribution in [-0.4, -0.2) is 14.3 Å². The third-order valence-corrected chi connectivity index (χ3v) is 4.91. The molecular weight excluding hydrogens is 324 g/mol. The molecule has 1 amide bonds. The highest BCUT2D eigenvalue weighted by atomic mass is 32.2. The first kappa shape index (κ1) is 16.2. The summed E-state index contributed by atoms with van der Waals surface area (Å²) in [5, 5.41) is 1.92. The summed E-state index contributed by atoms with van der Waals surface area (Å²) >= 11 is 0. The normalized spacial score (nSPS) is 11.4. The Bertz CT molecular complexity index is 996. The van der Waals surface area contributed by atoms with Crippen molar-refractivity contribution in [2.24, 2.45) is 0 Å². The summed E-state index contributed by atoms with van der Waals surface area (Å²) in [6.07, 6.45) is 0. The predicted molar refractivity (Wildman–Crippen MR) is 92.9 cm³/mol. The number of carbonyl (C=O) groups excluding carboxylic acids is 1. The van der Waals surface area contributed by atoms with Gasteiger partial charge in [0.1, 0.15) is 0 Å². The topological polar surface area (TPSA) is 75.3 Å². The molecule has 0 unspecified atom stereocenters. The van der Waals surface area contributed by atoms with Crippen LogP contribution >= 0.6 is 0 Å². The summed E-state index contributed by atoms with van der Waals surface area (Å²) in [6, 6.07) is 19.2. The molecule has 0 saturated heterocycles. The molecule has 0 aliphatic carbocycles. The molecule has 0 fully saturated rings. The fourth-order valence-electron chi connectivity index (χ4n) is 2.29. The molecule has 0 aromatic heterocycles. The summed E-state index contributed by atoms with van der Waals surface area (Å²) < 4.78 is 24.3. The van der Waals surface area contributed by atoms with Crippen LogP contribution in [0, 0.1) is 6.92 Å². The first-order valence-electron chi connectivity index (χ1n) is 7.33. The average molecular weight is 340 g/mol. The molecule has 6 heteroatoms. The van der Waals surface area contributed by atoms with Crippen molar-refractivity contribution in [2.45, 2.75) is 11.8 Å². The Morgan fingerprint density at radius 3 is 2.25 bits per heavy atom. The molecule has 24 heavy (non-hydrogen) atoms. The Hall–Kier alpha value is -2.70. The number of sulfonamides is 1. The summed E-state index contributed by atoms with van der Waals surface area (Å²) in [7, 11) is -3.80. The molecule has 2 N–H and O–H groups in total. The zero-order valence-corrected chi connectivity index (χ0v) is 13.8. The van der Waals surface area contributed by atoms with Crippen LogP contribution in [-0.2, 0) is 10.0 Å². The van der Waals surface area contributed by atoms with E-state index in [4.69, 9.17) is 0 Å². The van der Waals surface area contributed by atoms with Crippen molar-refractivity contribution in [3.05, 3.63) is 77.9 Å². The van der Waals surface area contributed by atoms with Gasteiger partial charge in [-0.2, -0.15) is 0 Å². The predicted octanol–water partition coefficient (Wildman–Crippen LogP) is 2.77. The molecule has 3 rings (SSSR count). The molecule has 0 spiro atoms. The third-order valence-electron chi connectivity index (χ3n) is 3.64. The Labute approximate surface area is 140 Å². The monoisotopic (exact) mass is 340 g/mol. The second-order valence-electron chi connectivity index (χ2n) is 5.43. The number of hydrogen-bond donors (Lipinski definition) is 2. The van der Waals surface area contributed by atoms with Crippen molar-refractivity contribution in [1.82, 2.24) is 10.3 Å². The van der Waals surface area contributed by atoms with Gasteiger partial charge >= 0.3 is 0 Å². The number of hydrogen-bond acceptors (Lipinski definition) is 3. The smallest absolute Gasteiger partial charge is 0.266 e. The van der Waals surface area contributed by atoms with Gasteiger partial charge in [0, 0.05) is 5.56 Å². The minimum atomic E-state index is -3.80. The fourth-order valence-corrected chi connectivity index (χ4v) is 3.13. The van der Waals surface area contributed by atoms with Crippen LogP contribution in [0.4, 0.5) is 0 Å². The van der Waals surface area contributed by atoms with E-state index in [0.29, 0.717) is 5.56 Å². The lowest BCUT2D eigenvalue weighted by molar-refractivity contribution is 0.0945. The summed E-state index contributed by atoms with van der Waals surface area (Å²) in [4.78, 5) is 14.4. The van der Waals surface area contributed by atoms with Crippen molar-refractivity contribution >= 4 is 26.7 Å². The van der Waals surface area contributed by atoms with Gasteiger partial charge in [-0.05, 0) is 42.0 Å². The van der Waals surface area contributed by atoms with Crippen LogP contribution in [0.2, 0.25) is 0 Å². The minimum absolute atomic E-state index is 0.0897. The second kappa shape index (κ2) is 6.43. The van der Waals surface area contributed by atoms with Gasteiger partial charge in [-0.25, -0.2) is 8.42 Å². The zero-order chi connectivity index (χ0) is 17.2. The summed E-state index contributed by atoms with van der Waals surface area (Å²) in [6.45, 7) is 1.87. The lowest BCUT2D eigenvalue weighted by Crippen LogP contribution is -2.41. The number of benzene rings is 3. The lowest BCUT2D eigenvalue weighted by Gasteiger charge is -2.09. The number of carbonyl (C=O) groups is 1. The van der Waals surface area contributed by atoms with Gasteiger partial charge in [0.05, 0.1) is 4.90 Å². The number of nitrogens with one attached hydrogen (secondary N) is 2. The SMILES string of the molecule is Cc1ccc(S(=O)(=O)NNC(=O)c2ccc3ccccc3c2)cc1. The number of hydrazine groups is 1. The van der Waals surface area contributed by atoms with Gasteiger partial charge in [0.25, 0.3) is 15.9 Å². The number of amides is 1. The number of fused-ring (bicyclic) bond motifs is 1. The van der Waals surface area contributed by atoms with E-state index in [2.05, 4.69) is 10.3 Å². The van der Waals surface area contributed by atoms with Crippen LogP contribution in [0.1, 0.15) is 15.9 Å².